The Morgan fingerprint density at radius 1 is 1.50 bits per heavy atom. The Balaban J connectivity index is 1.52. The molecule has 0 unspecified atom stereocenters. The molecule has 8 heteroatoms. The van der Waals surface area contributed by atoms with Crippen LogP contribution in [0.4, 0.5) is 11.7 Å². The number of hydrogen-bond donors (Lipinski definition) is 2. The van der Waals surface area contributed by atoms with E-state index in [9.17, 15) is 4.79 Å². The maximum atomic E-state index is 11.8. The first-order valence-corrected chi connectivity index (χ1v) is 7.16. The van der Waals surface area contributed by atoms with Gasteiger partial charge in [0.05, 0.1) is 17.6 Å². The lowest BCUT2D eigenvalue weighted by molar-refractivity contribution is -0.113. The molecule has 0 spiro atoms. The summed E-state index contributed by atoms with van der Waals surface area (Å²) in [5.74, 6) is 0.984. The van der Waals surface area contributed by atoms with Crippen LogP contribution in [-0.2, 0) is 4.79 Å². The smallest absolute Gasteiger partial charge is 0.322 e. The van der Waals surface area contributed by atoms with Crippen LogP contribution in [0.25, 0.3) is 0 Å². The summed E-state index contributed by atoms with van der Waals surface area (Å²) in [6, 6.07) is 1.92. The zero-order valence-electron chi connectivity index (χ0n) is 10.6. The van der Waals surface area contributed by atoms with E-state index < -0.39 is 0 Å². The highest BCUT2D eigenvalue weighted by molar-refractivity contribution is 8.00. The number of nitrogens with zero attached hydrogens (tertiary/aromatic N) is 3. The number of aromatic nitrogens is 3. The SMILES string of the molecule is Nc1cnccc1SCC(=O)Nc1nnc(C2CC2)o1. The fraction of sp³-hybridized carbons (Fsp3) is 0.333. The van der Waals surface area contributed by atoms with E-state index in [1.54, 1.807) is 18.5 Å². The number of hydrogen-bond acceptors (Lipinski definition) is 7. The van der Waals surface area contributed by atoms with Gasteiger partial charge >= 0.3 is 6.01 Å². The van der Waals surface area contributed by atoms with Crippen LogP contribution < -0.4 is 11.1 Å². The summed E-state index contributed by atoms with van der Waals surface area (Å²) in [4.78, 5) is 16.5. The summed E-state index contributed by atoms with van der Waals surface area (Å²) < 4.78 is 5.36. The van der Waals surface area contributed by atoms with Gasteiger partial charge in [0.15, 0.2) is 0 Å². The zero-order chi connectivity index (χ0) is 13.9. The number of carbonyl (C=O) groups is 1. The maximum absolute atomic E-state index is 11.8. The van der Waals surface area contributed by atoms with E-state index in [4.69, 9.17) is 10.2 Å². The number of nitrogens with two attached hydrogens (primary N) is 1. The van der Waals surface area contributed by atoms with Crippen LogP contribution in [0.15, 0.2) is 27.8 Å². The average Bonchev–Trinajstić information content (AvgIpc) is 3.19. The van der Waals surface area contributed by atoms with Gasteiger partial charge in [-0.25, -0.2) is 0 Å². The number of nitrogens with one attached hydrogen (secondary N) is 1. The van der Waals surface area contributed by atoms with Crippen molar-refractivity contribution in [1.29, 1.82) is 0 Å². The Labute approximate surface area is 119 Å². The number of anilines is 2. The second-order valence-electron chi connectivity index (χ2n) is 4.47. The van der Waals surface area contributed by atoms with Gasteiger partial charge in [-0.3, -0.25) is 15.1 Å². The minimum Gasteiger partial charge on any atom is -0.408 e. The van der Waals surface area contributed by atoms with Crippen molar-refractivity contribution < 1.29 is 9.21 Å². The van der Waals surface area contributed by atoms with E-state index in [0.29, 0.717) is 17.5 Å². The van der Waals surface area contributed by atoms with Crippen molar-refractivity contribution in [2.45, 2.75) is 23.7 Å². The second kappa shape index (κ2) is 5.49. The van der Waals surface area contributed by atoms with Crippen molar-refractivity contribution in [3.8, 4) is 0 Å². The first-order chi connectivity index (χ1) is 9.72. The number of thioether (sulfide) groups is 1. The molecule has 2 aromatic heterocycles. The van der Waals surface area contributed by atoms with Crippen LogP contribution in [0.2, 0.25) is 0 Å². The molecule has 104 valence electrons. The fourth-order valence-corrected chi connectivity index (χ4v) is 2.34. The molecule has 2 heterocycles. The van der Waals surface area contributed by atoms with Crippen LogP contribution >= 0.6 is 11.8 Å². The Morgan fingerprint density at radius 2 is 2.35 bits per heavy atom. The third-order valence-corrected chi connectivity index (χ3v) is 3.87. The van der Waals surface area contributed by atoms with Gasteiger partial charge in [0.25, 0.3) is 0 Å². The Kier molecular flexibility index (Phi) is 3.55. The number of rotatable bonds is 5. The summed E-state index contributed by atoms with van der Waals surface area (Å²) in [5, 5.41) is 10.3. The molecule has 0 saturated heterocycles. The first-order valence-electron chi connectivity index (χ1n) is 6.18. The predicted octanol–water partition coefficient (Wildman–Crippen LogP) is 1.66. The lowest BCUT2D eigenvalue weighted by Gasteiger charge is -2.03. The molecule has 20 heavy (non-hydrogen) atoms. The molecule has 1 aliphatic carbocycles. The normalized spacial score (nSPS) is 14.2. The minimum atomic E-state index is -0.211. The molecule has 1 amide bonds. The molecular formula is C12H13N5O2S. The molecule has 0 radical (unpaired) electrons. The van der Waals surface area contributed by atoms with Gasteiger partial charge in [-0.15, -0.1) is 16.9 Å². The summed E-state index contributed by atoms with van der Waals surface area (Å²) in [6.07, 6.45) is 5.34. The molecular weight excluding hydrogens is 278 g/mol. The summed E-state index contributed by atoms with van der Waals surface area (Å²) in [7, 11) is 0. The fourth-order valence-electron chi connectivity index (χ4n) is 1.60. The molecule has 0 atom stereocenters. The zero-order valence-corrected chi connectivity index (χ0v) is 11.4. The molecule has 1 aliphatic rings. The highest BCUT2D eigenvalue weighted by Crippen LogP contribution is 2.39. The van der Waals surface area contributed by atoms with E-state index in [1.165, 1.54) is 11.8 Å². The molecule has 3 N–H and O–H groups in total. The van der Waals surface area contributed by atoms with Crippen molar-refractivity contribution in [1.82, 2.24) is 15.2 Å². The van der Waals surface area contributed by atoms with Gasteiger partial charge in [0, 0.05) is 17.0 Å². The molecule has 2 aromatic rings. The quantitative estimate of drug-likeness (QED) is 0.806. The van der Waals surface area contributed by atoms with E-state index in [0.717, 1.165) is 17.7 Å². The van der Waals surface area contributed by atoms with Gasteiger partial charge in [0.1, 0.15) is 0 Å². The van der Waals surface area contributed by atoms with Gasteiger partial charge in [-0.2, -0.15) is 0 Å². The van der Waals surface area contributed by atoms with Crippen molar-refractivity contribution in [2.24, 2.45) is 0 Å². The van der Waals surface area contributed by atoms with E-state index in [1.807, 2.05) is 0 Å². The Hall–Kier alpha value is -2.09. The van der Waals surface area contributed by atoms with Crippen LogP contribution in [-0.4, -0.2) is 26.8 Å². The summed E-state index contributed by atoms with van der Waals surface area (Å²) in [6.45, 7) is 0. The highest BCUT2D eigenvalue weighted by Gasteiger charge is 2.29. The van der Waals surface area contributed by atoms with Crippen LogP contribution in [0.5, 0.6) is 0 Å². The molecule has 1 saturated carbocycles. The van der Waals surface area contributed by atoms with Crippen molar-refractivity contribution in [3.05, 3.63) is 24.4 Å². The van der Waals surface area contributed by atoms with Gasteiger partial charge in [-0.1, -0.05) is 5.10 Å². The van der Waals surface area contributed by atoms with Crippen LogP contribution in [0.1, 0.15) is 24.7 Å². The Bertz CT molecular complexity index is 626. The van der Waals surface area contributed by atoms with Crippen LogP contribution in [0, 0.1) is 0 Å². The number of nitrogen functional groups attached to an aromatic ring is 1. The second-order valence-corrected chi connectivity index (χ2v) is 5.49. The number of pyridine rings is 1. The predicted molar refractivity (Wildman–Crippen MR) is 74.3 cm³/mol. The molecule has 7 nitrogen and oxygen atoms in total. The van der Waals surface area contributed by atoms with Gasteiger partial charge in [-0.05, 0) is 18.9 Å². The molecule has 0 bridgehead atoms. The van der Waals surface area contributed by atoms with E-state index in [-0.39, 0.29) is 17.7 Å². The monoisotopic (exact) mass is 291 g/mol. The number of amides is 1. The maximum Gasteiger partial charge on any atom is 0.322 e. The lowest BCUT2D eigenvalue weighted by Crippen LogP contribution is -2.14. The first kappa shape index (κ1) is 12.9. The van der Waals surface area contributed by atoms with Gasteiger partial charge < -0.3 is 10.2 Å². The van der Waals surface area contributed by atoms with Crippen molar-refractivity contribution in [3.63, 3.8) is 0 Å². The third kappa shape index (κ3) is 3.08. The van der Waals surface area contributed by atoms with Crippen molar-refractivity contribution >= 4 is 29.4 Å². The minimum absolute atomic E-state index is 0.153. The molecule has 0 aliphatic heterocycles. The highest BCUT2D eigenvalue weighted by atomic mass is 32.2. The summed E-state index contributed by atoms with van der Waals surface area (Å²) >= 11 is 1.33. The number of carbonyl (C=O) groups excluding carboxylic acids is 1. The average molecular weight is 291 g/mol. The standard InChI is InChI=1S/C12H13N5O2S/c13-8-5-14-4-3-9(8)20-6-10(18)15-12-17-16-11(19-12)7-1-2-7/h3-5,7H,1-2,6,13H2,(H,15,17,18). The Morgan fingerprint density at radius 3 is 3.10 bits per heavy atom. The van der Waals surface area contributed by atoms with E-state index >= 15 is 0 Å². The molecule has 3 rings (SSSR count). The van der Waals surface area contributed by atoms with Crippen LogP contribution in [0.3, 0.4) is 0 Å². The van der Waals surface area contributed by atoms with Crippen molar-refractivity contribution in [2.75, 3.05) is 16.8 Å². The summed E-state index contributed by atoms with van der Waals surface area (Å²) in [5.41, 5.74) is 6.30. The molecule has 1 fully saturated rings. The van der Waals surface area contributed by atoms with Gasteiger partial charge in [0.2, 0.25) is 11.8 Å². The van der Waals surface area contributed by atoms with E-state index in [2.05, 4.69) is 20.5 Å². The molecule has 0 aromatic carbocycles. The lowest BCUT2D eigenvalue weighted by atomic mass is 10.4. The largest absolute Gasteiger partial charge is 0.408 e. The topological polar surface area (TPSA) is 107 Å². The third-order valence-electron chi connectivity index (χ3n) is 2.78.